The number of hydrogen-bond donors (Lipinski definition) is 2. The van der Waals surface area contributed by atoms with Crippen LogP contribution in [0.3, 0.4) is 0 Å². The molecule has 152 valence electrons. The summed E-state index contributed by atoms with van der Waals surface area (Å²) in [7, 11) is -3.04. The zero-order valence-electron chi connectivity index (χ0n) is 16.4. The van der Waals surface area contributed by atoms with Crippen LogP contribution in [0.25, 0.3) is 10.8 Å². The number of rotatable bonds is 4. The number of aromatic nitrogens is 4. The second-order valence-corrected chi connectivity index (χ2v) is 10.3. The summed E-state index contributed by atoms with van der Waals surface area (Å²) < 4.78 is 24.6. The van der Waals surface area contributed by atoms with Gasteiger partial charge in [-0.05, 0) is 38.3 Å². The smallest absolute Gasteiger partial charge is 0.262 e. The minimum absolute atomic E-state index is 0.0137. The number of hydrogen-bond acceptors (Lipinski definition) is 8. The molecule has 1 aliphatic heterocycles. The van der Waals surface area contributed by atoms with Crippen LogP contribution in [0.15, 0.2) is 41.7 Å². The lowest BCUT2D eigenvalue weighted by Gasteiger charge is -2.28. The van der Waals surface area contributed by atoms with Gasteiger partial charge in [-0.3, -0.25) is 9.78 Å². The molecule has 2 N–H and O–H groups in total. The van der Waals surface area contributed by atoms with Gasteiger partial charge in [0.2, 0.25) is 0 Å². The van der Waals surface area contributed by atoms with E-state index in [9.17, 15) is 13.2 Å². The van der Waals surface area contributed by atoms with Crippen molar-refractivity contribution in [2.24, 2.45) is 0 Å². The Hall–Kier alpha value is -3.01. The molecule has 3 aromatic rings. The Morgan fingerprint density at radius 3 is 2.55 bits per heavy atom. The van der Waals surface area contributed by atoms with Gasteiger partial charge in [0.15, 0.2) is 9.84 Å². The molecule has 1 saturated heterocycles. The second-order valence-electron chi connectivity index (χ2n) is 8.17. The molecule has 0 atom stereocenters. The highest BCUT2D eigenvalue weighted by molar-refractivity contribution is 7.92. The van der Waals surface area contributed by atoms with Gasteiger partial charge >= 0.3 is 0 Å². The van der Waals surface area contributed by atoms with Gasteiger partial charge in [0, 0.05) is 24.1 Å². The summed E-state index contributed by atoms with van der Waals surface area (Å²) in [6.07, 6.45) is 6.38. The molecule has 4 heterocycles. The van der Waals surface area contributed by atoms with Gasteiger partial charge in [-0.15, -0.1) is 0 Å². The van der Waals surface area contributed by atoms with Crippen LogP contribution in [0.5, 0.6) is 0 Å². The van der Waals surface area contributed by atoms with E-state index in [0.29, 0.717) is 28.2 Å². The van der Waals surface area contributed by atoms with Crippen molar-refractivity contribution < 1.29 is 8.42 Å². The van der Waals surface area contributed by atoms with E-state index in [-0.39, 0.29) is 28.6 Å². The Kier molecular flexibility index (Phi) is 4.53. The fraction of sp³-hybridized carbons (Fsp3) is 0.368. The quantitative estimate of drug-likeness (QED) is 0.666. The van der Waals surface area contributed by atoms with Crippen molar-refractivity contribution in [2.45, 2.75) is 32.4 Å². The van der Waals surface area contributed by atoms with Crippen molar-refractivity contribution >= 4 is 38.1 Å². The van der Waals surface area contributed by atoms with E-state index in [0.717, 1.165) is 0 Å². The lowest BCUT2D eigenvalue weighted by atomic mass is 10.1. The maximum absolute atomic E-state index is 13.2. The van der Waals surface area contributed by atoms with Gasteiger partial charge in [-0.2, -0.15) is 0 Å². The number of fused-ring (bicyclic) bond motifs is 1. The third-order valence-corrected chi connectivity index (χ3v) is 6.30. The molecule has 29 heavy (non-hydrogen) atoms. The number of nitrogens with one attached hydrogen (secondary N) is 2. The van der Waals surface area contributed by atoms with Crippen molar-refractivity contribution in [3.63, 3.8) is 0 Å². The first-order valence-corrected chi connectivity index (χ1v) is 11.0. The third kappa shape index (κ3) is 4.07. The Morgan fingerprint density at radius 2 is 1.93 bits per heavy atom. The van der Waals surface area contributed by atoms with Gasteiger partial charge in [-0.1, -0.05) is 0 Å². The van der Waals surface area contributed by atoms with Crippen molar-refractivity contribution in [1.29, 1.82) is 0 Å². The molecule has 0 aromatic carbocycles. The Labute approximate surface area is 168 Å². The van der Waals surface area contributed by atoms with E-state index < -0.39 is 9.84 Å². The predicted molar refractivity (Wildman–Crippen MR) is 112 cm³/mol. The monoisotopic (exact) mass is 414 g/mol. The largest absolute Gasteiger partial charge is 0.365 e. The van der Waals surface area contributed by atoms with E-state index in [2.05, 4.69) is 25.6 Å². The molecule has 1 aliphatic rings. The van der Waals surface area contributed by atoms with Crippen molar-refractivity contribution in [3.05, 3.63) is 47.3 Å². The van der Waals surface area contributed by atoms with Crippen LogP contribution in [0, 0.1) is 0 Å². The first-order chi connectivity index (χ1) is 13.6. The van der Waals surface area contributed by atoms with E-state index in [1.807, 2.05) is 20.8 Å². The lowest BCUT2D eigenvalue weighted by Crippen LogP contribution is -2.42. The number of pyridine rings is 2. The first-order valence-electron chi connectivity index (χ1n) is 9.19. The lowest BCUT2D eigenvalue weighted by molar-refractivity contribution is 0.499. The SMILES string of the molecule is CC(C)(C)Nc1nc(Nc2cnccn2)cc2ccn(C3CS(=O)(=O)C3)c(=O)c12. The van der Waals surface area contributed by atoms with E-state index in [4.69, 9.17) is 0 Å². The van der Waals surface area contributed by atoms with Crippen LogP contribution in [0.4, 0.5) is 17.5 Å². The molecule has 10 heteroatoms. The highest BCUT2D eigenvalue weighted by Crippen LogP contribution is 2.28. The van der Waals surface area contributed by atoms with Crippen molar-refractivity contribution in [2.75, 3.05) is 22.1 Å². The molecular weight excluding hydrogens is 392 g/mol. The highest BCUT2D eigenvalue weighted by Gasteiger charge is 2.35. The molecule has 9 nitrogen and oxygen atoms in total. The minimum atomic E-state index is -3.04. The van der Waals surface area contributed by atoms with Crippen LogP contribution in [0.2, 0.25) is 0 Å². The molecule has 1 fully saturated rings. The predicted octanol–water partition coefficient (Wildman–Crippen LogP) is 2.11. The maximum Gasteiger partial charge on any atom is 0.262 e. The molecule has 0 radical (unpaired) electrons. The van der Waals surface area contributed by atoms with E-state index in [1.54, 1.807) is 36.9 Å². The standard InChI is InChI=1S/C19H22N6O3S/c1-19(2,3)24-17-16-12(8-14(23-17)22-15-9-20-5-6-21-15)4-7-25(18(16)26)13-10-29(27,28)11-13/h4-9,13H,10-11H2,1-3H3,(H2,21,22,23,24). The first kappa shape index (κ1) is 19.3. The highest BCUT2D eigenvalue weighted by atomic mass is 32.2. The summed E-state index contributed by atoms with van der Waals surface area (Å²) in [5.74, 6) is 1.46. The third-order valence-electron chi connectivity index (χ3n) is 4.51. The van der Waals surface area contributed by atoms with Crippen LogP contribution >= 0.6 is 0 Å². The Morgan fingerprint density at radius 1 is 1.17 bits per heavy atom. The van der Waals surface area contributed by atoms with Gasteiger partial charge in [-0.25, -0.2) is 18.4 Å². The fourth-order valence-corrected chi connectivity index (χ4v) is 4.66. The average molecular weight is 414 g/mol. The van der Waals surface area contributed by atoms with E-state index in [1.165, 1.54) is 4.57 Å². The molecule has 0 saturated carbocycles. The van der Waals surface area contributed by atoms with Gasteiger partial charge < -0.3 is 15.2 Å². The van der Waals surface area contributed by atoms with Crippen LogP contribution in [0.1, 0.15) is 26.8 Å². The summed E-state index contributed by atoms with van der Waals surface area (Å²) in [6, 6.07) is 3.23. The second kappa shape index (κ2) is 6.80. The Bertz CT molecular complexity index is 1220. The topological polar surface area (TPSA) is 119 Å². The van der Waals surface area contributed by atoms with Crippen LogP contribution in [-0.4, -0.2) is 45.0 Å². The van der Waals surface area contributed by atoms with Gasteiger partial charge in [0.05, 0.1) is 29.1 Å². The molecule has 0 aliphatic carbocycles. The van der Waals surface area contributed by atoms with Crippen molar-refractivity contribution in [3.8, 4) is 0 Å². The Balaban J connectivity index is 1.83. The van der Waals surface area contributed by atoms with Gasteiger partial charge in [0.1, 0.15) is 17.5 Å². The molecule has 4 rings (SSSR count). The number of sulfone groups is 1. The molecule has 3 aromatic heterocycles. The fourth-order valence-electron chi connectivity index (χ4n) is 3.27. The van der Waals surface area contributed by atoms with Gasteiger partial charge in [0.25, 0.3) is 5.56 Å². The molecule has 0 spiro atoms. The average Bonchev–Trinajstić information content (AvgIpc) is 2.59. The molecule has 0 unspecified atom stereocenters. The zero-order valence-corrected chi connectivity index (χ0v) is 17.2. The number of nitrogens with zero attached hydrogens (tertiary/aromatic N) is 4. The normalized spacial score (nSPS) is 16.4. The summed E-state index contributed by atoms with van der Waals surface area (Å²) in [4.78, 5) is 26.0. The van der Waals surface area contributed by atoms with Crippen molar-refractivity contribution in [1.82, 2.24) is 19.5 Å². The summed E-state index contributed by atoms with van der Waals surface area (Å²) >= 11 is 0. The molecule has 0 bridgehead atoms. The maximum atomic E-state index is 13.2. The summed E-state index contributed by atoms with van der Waals surface area (Å²) in [5, 5.41) is 7.51. The zero-order chi connectivity index (χ0) is 20.8. The molecule has 0 amide bonds. The summed E-state index contributed by atoms with van der Waals surface area (Å²) in [6.45, 7) is 5.93. The van der Waals surface area contributed by atoms with Crippen LogP contribution < -0.4 is 16.2 Å². The summed E-state index contributed by atoms with van der Waals surface area (Å²) in [5.41, 5.74) is -0.592. The minimum Gasteiger partial charge on any atom is -0.365 e. The van der Waals surface area contributed by atoms with Crippen LogP contribution in [-0.2, 0) is 9.84 Å². The molecular formula is C19H22N6O3S. The number of anilines is 3. The van der Waals surface area contributed by atoms with E-state index >= 15 is 0 Å².